The number of benzene rings is 1. The zero-order valence-corrected chi connectivity index (χ0v) is 17.2. The molecule has 0 bridgehead atoms. The summed E-state index contributed by atoms with van der Waals surface area (Å²) >= 11 is 3.50. The van der Waals surface area contributed by atoms with Crippen molar-refractivity contribution in [2.75, 3.05) is 33.4 Å². The number of ether oxygens (including phenoxy) is 1. The fraction of sp³-hybridized carbons (Fsp3) is 0.471. The number of nitrogens with zero attached hydrogens (tertiary/aromatic N) is 1. The number of nitrogens with one attached hydrogen (secondary N) is 2. The summed E-state index contributed by atoms with van der Waals surface area (Å²) in [5.41, 5.74) is 1.39. The van der Waals surface area contributed by atoms with E-state index in [1.807, 2.05) is 0 Å². The molecule has 1 heterocycles. The van der Waals surface area contributed by atoms with Gasteiger partial charge in [-0.05, 0) is 30.5 Å². The Hall–Kier alpha value is -0.780. The molecule has 0 amide bonds. The van der Waals surface area contributed by atoms with Crippen LogP contribution >= 0.6 is 39.9 Å². The second kappa shape index (κ2) is 10.2. The molecule has 0 unspecified atom stereocenters. The number of guanidine groups is 1. The number of hydrogen-bond acceptors (Lipinski definition) is 2. The average Bonchev–Trinajstić information content (AvgIpc) is 2.56. The molecule has 1 aliphatic rings. The molecule has 0 aliphatic carbocycles. The van der Waals surface area contributed by atoms with Crippen LogP contribution < -0.4 is 10.6 Å². The monoisotopic (exact) mass is 491 g/mol. The van der Waals surface area contributed by atoms with Crippen molar-refractivity contribution in [1.29, 1.82) is 0 Å². The van der Waals surface area contributed by atoms with E-state index in [4.69, 9.17) is 11.2 Å². The van der Waals surface area contributed by atoms with Crippen molar-refractivity contribution in [2.45, 2.75) is 18.3 Å². The minimum atomic E-state index is 0. The molecule has 0 radical (unpaired) electrons. The van der Waals surface area contributed by atoms with Crippen molar-refractivity contribution >= 4 is 45.9 Å². The number of rotatable bonds is 4. The fourth-order valence-corrected chi connectivity index (χ4v) is 3.01. The van der Waals surface area contributed by atoms with E-state index >= 15 is 0 Å². The Labute approximate surface area is 164 Å². The number of hydrogen-bond donors (Lipinski definition) is 2. The molecule has 4 nitrogen and oxygen atoms in total. The molecule has 1 aliphatic heterocycles. The quantitative estimate of drug-likeness (QED) is 0.294. The molecule has 2 rings (SSSR count). The Morgan fingerprint density at radius 1 is 1.30 bits per heavy atom. The van der Waals surface area contributed by atoms with Crippen LogP contribution in [0, 0.1) is 12.3 Å². The van der Waals surface area contributed by atoms with Crippen LogP contribution in [0.25, 0.3) is 0 Å². The third-order valence-corrected chi connectivity index (χ3v) is 4.61. The maximum absolute atomic E-state index is 5.56. The number of terminal acetylenes is 1. The standard InChI is InChI=1S/C17H22BrN3O.HI/c1-3-10-20-16(19-2)21-13-17(8-11-22-12-9-17)14-4-6-15(18)7-5-14;/h1,4-7H,8-13H2,2H3,(H2,19,20,21);1H. The molecular formula is C17H23BrIN3O. The van der Waals surface area contributed by atoms with E-state index in [0.717, 1.165) is 43.0 Å². The van der Waals surface area contributed by atoms with E-state index in [9.17, 15) is 0 Å². The summed E-state index contributed by atoms with van der Waals surface area (Å²) in [6.07, 6.45) is 7.27. The molecule has 23 heavy (non-hydrogen) atoms. The van der Waals surface area contributed by atoms with E-state index < -0.39 is 0 Å². The van der Waals surface area contributed by atoms with Crippen molar-refractivity contribution in [3.8, 4) is 12.3 Å². The lowest BCUT2D eigenvalue weighted by atomic mass is 9.74. The van der Waals surface area contributed by atoms with Crippen molar-refractivity contribution in [2.24, 2.45) is 4.99 Å². The molecule has 0 aromatic heterocycles. The van der Waals surface area contributed by atoms with Gasteiger partial charge in [0.05, 0.1) is 6.54 Å². The topological polar surface area (TPSA) is 45.7 Å². The second-order valence-corrected chi connectivity index (χ2v) is 6.30. The first-order valence-corrected chi connectivity index (χ1v) is 8.21. The van der Waals surface area contributed by atoms with Gasteiger partial charge in [-0.25, -0.2) is 0 Å². The van der Waals surface area contributed by atoms with Crippen LogP contribution in [0.15, 0.2) is 33.7 Å². The molecule has 1 aromatic carbocycles. The van der Waals surface area contributed by atoms with Crippen LogP contribution in [-0.2, 0) is 10.2 Å². The summed E-state index contributed by atoms with van der Waals surface area (Å²) in [6.45, 7) is 2.85. The Morgan fingerprint density at radius 2 is 1.96 bits per heavy atom. The molecule has 2 N–H and O–H groups in total. The first-order valence-electron chi connectivity index (χ1n) is 7.42. The smallest absolute Gasteiger partial charge is 0.191 e. The lowest BCUT2D eigenvalue weighted by Crippen LogP contribution is -2.48. The van der Waals surface area contributed by atoms with Gasteiger partial charge in [0, 0.05) is 36.7 Å². The highest BCUT2D eigenvalue weighted by Crippen LogP contribution is 2.34. The molecule has 1 aromatic rings. The summed E-state index contributed by atoms with van der Waals surface area (Å²) < 4.78 is 6.65. The van der Waals surface area contributed by atoms with Gasteiger partial charge in [-0.3, -0.25) is 4.99 Å². The van der Waals surface area contributed by atoms with Gasteiger partial charge < -0.3 is 15.4 Å². The second-order valence-electron chi connectivity index (χ2n) is 5.38. The zero-order valence-electron chi connectivity index (χ0n) is 13.3. The Balaban J connectivity index is 0.00000264. The largest absolute Gasteiger partial charge is 0.381 e. The molecular weight excluding hydrogens is 469 g/mol. The van der Waals surface area contributed by atoms with Crippen LogP contribution in [0.4, 0.5) is 0 Å². The minimum Gasteiger partial charge on any atom is -0.381 e. The zero-order chi connectivity index (χ0) is 15.8. The molecule has 126 valence electrons. The van der Waals surface area contributed by atoms with Gasteiger partial charge in [-0.15, -0.1) is 30.4 Å². The van der Waals surface area contributed by atoms with E-state index in [0.29, 0.717) is 6.54 Å². The highest BCUT2D eigenvalue weighted by atomic mass is 127. The molecule has 6 heteroatoms. The van der Waals surface area contributed by atoms with Crippen LogP contribution in [0.5, 0.6) is 0 Å². The van der Waals surface area contributed by atoms with Crippen LogP contribution in [-0.4, -0.2) is 39.3 Å². The Morgan fingerprint density at radius 3 is 2.52 bits per heavy atom. The summed E-state index contributed by atoms with van der Waals surface area (Å²) in [5, 5.41) is 6.50. The van der Waals surface area contributed by atoms with Gasteiger partial charge in [0.1, 0.15) is 0 Å². The molecule has 1 saturated heterocycles. The van der Waals surface area contributed by atoms with E-state index in [2.05, 4.69) is 61.7 Å². The summed E-state index contributed by atoms with van der Waals surface area (Å²) in [7, 11) is 1.75. The van der Waals surface area contributed by atoms with Crippen LogP contribution in [0.2, 0.25) is 0 Å². The molecule has 0 atom stereocenters. The van der Waals surface area contributed by atoms with E-state index in [1.165, 1.54) is 5.56 Å². The molecule has 1 fully saturated rings. The van der Waals surface area contributed by atoms with Crippen molar-refractivity contribution < 1.29 is 4.74 Å². The highest BCUT2D eigenvalue weighted by molar-refractivity contribution is 14.0. The maximum atomic E-state index is 5.56. The summed E-state index contributed by atoms with van der Waals surface area (Å²) in [4.78, 5) is 4.21. The van der Waals surface area contributed by atoms with Crippen molar-refractivity contribution in [3.63, 3.8) is 0 Å². The SMILES string of the molecule is C#CCNC(=NC)NCC1(c2ccc(Br)cc2)CCOCC1.I. The first kappa shape index (κ1) is 20.3. The predicted octanol–water partition coefficient (Wildman–Crippen LogP) is 2.91. The van der Waals surface area contributed by atoms with Crippen molar-refractivity contribution in [3.05, 3.63) is 34.3 Å². The Kier molecular flexibility index (Phi) is 8.95. The molecule has 0 spiro atoms. The third kappa shape index (κ3) is 5.66. The lowest BCUT2D eigenvalue weighted by Gasteiger charge is -2.38. The number of aliphatic imine (C=N–C) groups is 1. The van der Waals surface area contributed by atoms with Gasteiger partial charge in [0.15, 0.2) is 5.96 Å². The summed E-state index contributed by atoms with van der Waals surface area (Å²) in [5.74, 6) is 3.30. The predicted molar refractivity (Wildman–Crippen MR) is 109 cm³/mol. The summed E-state index contributed by atoms with van der Waals surface area (Å²) in [6, 6.07) is 8.57. The van der Waals surface area contributed by atoms with Gasteiger partial charge in [-0.1, -0.05) is 34.0 Å². The number of halogens is 2. The normalized spacial score (nSPS) is 16.8. The highest BCUT2D eigenvalue weighted by Gasteiger charge is 2.34. The first-order chi connectivity index (χ1) is 10.7. The maximum Gasteiger partial charge on any atom is 0.191 e. The van der Waals surface area contributed by atoms with Gasteiger partial charge in [0.2, 0.25) is 0 Å². The van der Waals surface area contributed by atoms with Crippen LogP contribution in [0.1, 0.15) is 18.4 Å². The van der Waals surface area contributed by atoms with Crippen LogP contribution in [0.3, 0.4) is 0 Å². The average molecular weight is 492 g/mol. The fourth-order valence-electron chi connectivity index (χ4n) is 2.74. The van der Waals surface area contributed by atoms with Gasteiger partial charge in [0.25, 0.3) is 0 Å². The van der Waals surface area contributed by atoms with E-state index in [-0.39, 0.29) is 29.4 Å². The molecule has 0 saturated carbocycles. The van der Waals surface area contributed by atoms with E-state index in [1.54, 1.807) is 7.05 Å². The van der Waals surface area contributed by atoms with Gasteiger partial charge >= 0.3 is 0 Å². The third-order valence-electron chi connectivity index (χ3n) is 4.08. The Bertz CT molecular complexity index is 548. The minimum absolute atomic E-state index is 0. The van der Waals surface area contributed by atoms with Gasteiger partial charge in [-0.2, -0.15) is 0 Å². The van der Waals surface area contributed by atoms with Crippen molar-refractivity contribution in [1.82, 2.24) is 10.6 Å². The lowest BCUT2D eigenvalue weighted by molar-refractivity contribution is 0.0514.